The van der Waals surface area contributed by atoms with Gasteiger partial charge in [0.15, 0.2) is 0 Å². The zero-order valence-corrected chi connectivity index (χ0v) is 18.5. The van der Waals surface area contributed by atoms with Crippen molar-refractivity contribution in [2.75, 3.05) is 15.6 Å². The van der Waals surface area contributed by atoms with E-state index in [0.717, 1.165) is 24.1 Å². The Balaban J connectivity index is 1.81. The lowest BCUT2D eigenvalue weighted by molar-refractivity contribution is -0.124. The number of amides is 2. The average Bonchev–Trinajstić information content (AvgIpc) is 3.17. The second-order valence-electron chi connectivity index (χ2n) is 9.13. The van der Waals surface area contributed by atoms with Crippen molar-refractivity contribution in [3.8, 4) is 0 Å². The highest BCUT2D eigenvalue weighted by Crippen LogP contribution is 2.61. The summed E-state index contributed by atoms with van der Waals surface area (Å²) in [6, 6.07) is 10.2. The Morgan fingerprint density at radius 2 is 1.83 bits per heavy atom. The molecule has 1 saturated heterocycles. The Labute approximate surface area is 180 Å². The monoisotopic (exact) mass is 424 g/mol. The first-order chi connectivity index (χ1) is 14.2. The largest absolute Gasteiger partial charge is 0.303 e. The second kappa shape index (κ2) is 6.33. The van der Waals surface area contributed by atoms with Gasteiger partial charge in [0.25, 0.3) is 5.91 Å². The van der Waals surface area contributed by atoms with E-state index in [0.29, 0.717) is 11.6 Å². The molecule has 0 unspecified atom stereocenters. The molecule has 2 aromatic rings. The molecule has 2 atom stereocenters. The highest BCUT2D eigenvalue weighted by Gasteiger charge is 2.64. The molecule has 0 N–H and O–H groups in total. The maximum atomic E-state index is 14.2. The second-order valence-corrected chi connectivity index (χ2v) is 10.3. The normalized spacial score (nSPS) is 26.6. The smallest absolute Gasteiger partial charge is 0.269 e. The van der Waals surface area contributed by atoms with Crippen LogP contribution in [-0.2, 0) is 20.9 Å². The van der Waals surface area contributed by atoms with Crippen LogP contribution in [0.2, 0.25) is 0 Å². The zero-order chi connectivity index (χ0) is 21.4. The molecule has 6 heteroatoms. The fourth-order valence-electron chi connectivity index (χ4n) is 5.45. The van der Waals surface area contributed by atoms with E-state index in [1.807, 2.05) is 4.90 Å². The van der Waals surface area contributed by atoms with Crippen LogP contribution in [0.4, 0.5) is 15.8 Å². The van der Waals surface area contributed by atoms with Crippen molar-refractivity contribution < 1.29 is 14.0 Å². The Morgan fingerprint density at radius 3 is 2.50 bits per heavy atom. The Bertz CT molecular complexity index is 1080. The molecule has 5 rings (SSSR count). The van der Waals surface area contributed by atoms with Crippen LogP contribution in [-0.4, -0.2) is 23.1 Å². The quantitative estimate of drug-likeness (QED) is 0.685. The minimum Gasteiger partial charge on any atom is -0.303 e. The van der Waals surface area contributed by atoms with Gasteiger partial charge in [-0.1, -0.05) is 19.9 Å². The summed E-state index contributed by atoms with van der Waals surface area (Å²) in [5, 5.41) is 0. The summed E-state index contributed by atoms with van der Waals surface area (Å²) in [4.78, 5) is 29.7. The Morgan fingerprint density at radius 1 is 1.13 bits per heavy atom. The lowest BCUT2D eigenvalue weighted by Gasteiger charge is -2.44. The fraction of sp³-hybridized carbons (Fsp3) is 0.417. The molecule has 30 heavy (non-hydrogen) atoms. The first-order valence-electron chi connectivity index (χ1n) is 10.4. The van der Waals surface area contributed by atoms with Crippen LogP contribution < -0.4 is 9.80 Å². The van der Waals surface area contributed by atoms with E-state index >= 15 is 0 Å². The molecule has 1 fully saturated rings. The molecular formula is C24H25FN2O2S. The van der Waals surface area contributed by atoms with E-state index < -0.39 is 4.87 Å². The lowest BCUT2D eigenvalue weighted by Crippen LogP contribution is -2.56. The van der Waals surface area contributed by atoms with E-state index in [1.165, 1.54) is 35.0 Å². The summed E-state index contributed by atoms with van der Waals surface area (Å²) in [5.41, 5.74) is 4.44. The first kappa shape index (κ1) is 19.6. The molecule has 0 bridgehead atoms. The van der Waals surface area contributed by atoms with Crippen LogP contribution in [0, 0.1) is 5.82 Å². The van der Waals surface area contributed by atoms with E-state index in [4.69, 9.17) is 0 Å². The van der Waals surface area contributed by atoms with Crippen molar-refractivity contribution >= 4 is 35.0 Å². The van der Waals surface area contributed by atoms with Crippen molar-refractivity contribution in [3.63, 3.8) is 0 Å². The number of nitrogens with zero attached hydrogens (tertiary/aromatic N) is 2. The van der Waals surface area contributed by atoms with Gasteiger partial charge in [-0.25, -0.2) is 4.39 Å². The molecule has 2 aromatic carbocycles. The number of anilines is 2. The highest BCUT2D eigenvalue weighted by molar-refractivity contribution is 8.02. The van der Waals surface area contributed by atoms with Gasteiger partial charge in [0.2, 0.25) is 10.8 Å². The molecule has 0 aliphatic carbocycles. The molecule has 1 spiro atoms. The van der Waals surface area contributed by atoms with Gasteiger partial charge in [-0.2, -0.15) is 0 Å². The summed E-state index contributed by atoms with van der Waals surface area (Å²) in [5.74, 6) is -0.0144. The molecule has 4 nitrogen and oxygen atoms in total. The third-order valence-corrected chi connectivity index (χ3v) is 8.07. The third kappa shape index (κ3) is 2.40. The van der Waals surface area contributed by atoms with Crippen LogP contribution >= 0.6 is 11.8 Å². The van der Waals surface area contributed by atoms with Gasteiger partial charge in [0.1, 0.15) is 5.82 Å². The molecule has 0 radical (unpaired) electrons. The molecule has 3 aliphatic heterocycles. The number of rotatable bonds is 2. The van der Waals surface area contributed by atoms with Gasteiger partial charge in [0.05, 0.1) is 11.4 Å². The van der Waals surface area contributed by atoms with Gasteiger partial charge < -0.3 is 4.90 Å². The predicted molar refractivity (Wildman–Crippen MR) is 118 cm³/mol. The standard InChI is InChI=1S/C24H25FN2O2S/c1-5-15-10-18-14(2)12-23(3,4)27-21(18)19(11-15)24(22(27)29)26(20(28)13-30-24)17-8-6-16(25)7-9-17/h6-11,14H,5,12-13H2,1-4H3/t14-,24+/m0/s1. The van der Waals surface area contributed by atoms with Crippen molar-refractivity contribution in [1.82, 2.24) is 0 Å². The third-order valence-electron chi connectivity index (χ3n) is 6.68. The number of carbonyl (C=O) groups is 2. The Kier molecular flexibility index (Phi) is 4.14. The van der Waals surface area contributed by atoms with Crippen molar-refractivity contribution in [2.24, 2.45) is 0 Å². The minimum atomic E-state index is -1.13. The van der Waals surface area contributed by atoms with Crippen LogP contribution in [0.25, 0.3) is 0 Å². The maximum absolute atomic E-state index is 14.2. The summed E-state index contributed by atoms with van der Waals surface area (Å²) < 4.78 is 13.6. The summed E-state index contributed by atoms with van der Waals surface area (Å²) >= 11 is 1.39. The van der Waals surface area contributed by atoms with E-state index in [1.54, 1.807) is 17.0 Å². The molecule has 2 amide bonds. The van der Waals surface area contributed by atoms with E-state index in [9.17, 15) is 14.0 Å². The number of carbonyl (C=O) groups excluding carboxylic acids is 2. The highest BCUT2D eigenvalue weighted by atomic mass is 32.2. The van der Waals surface area contributed by atoms with Gasteiger partial charge in [-0.3, -0.25) is 14.5 Å². The van der Waals surface area contributed by atoms with Crippen LogP contribution in [0.3, 0.4) is 0 Å². The van der Waals surface area contributed by atoms with Crippen LogP contribution in [0.1, 0.15) is 56.7 Å². The van der Waals surface area contributed by atoms with Crippen molar-refractivity contribution in [3.05, 3.63) is 58.9 Å². The number of hydrogen-bond donors (Lipinski definition) is 0. The molecule has 0 saturated carbocycles. The topological polar surface area (TPSA) is 40.6 Å². The Hall–Kier alpha value is -2.34. The van der Waals surface area contributed by atoms with Crippen molar-refractivity contribution in [2.45, 2.75) is 56.9 Å². The molecule has 3 aliphatic rings. The average molecular weight is 425 g/mol. The van der Waals surface area contributed by atoms with Gasteiger partial charge in [0, 0.05) is 16.8 Å². The first-order valence-corrected chi connectivity index (χ1v) is 11.4. The minimum absolute atomic E-state index is 0.0657. The van der Waals surface area contributed by atoms with Gasteiger partial charge in [-0.05, 0) is 74.1 Å². The number of benzene rings is 2. The van der Waals surface area contributed by atoms with Crippen molar-refractivity contribution in [1.29, 1.82) is 0 Å². The molecule has 0 aromatic heterocycles. The SMILES string of the molecule is CCc1cc2c3c(c1)[C@@]1(SCC(=O)N1c1ccc(F)cc1)C(=O)N3C(C)(C)C[C@@H]2C. The number of thioether (sulfide) groups is 1. The van der Waals surface area contributed by atoms with Crippen LogP contribution in [0.15, 0.2) is 36.4 Å². The number of halogens is 1. The number of fused-ring (bicyclic) bond motifs is 1. The summed E-state index contributed by atoms with van der Waals surface area (Å²) in [7, 11) is 0. The molecule has 156 valence electrons. The van der Waals surface area contributed by atoms with E-state index in [-0.39, 0.29) is 28.9 Å². The zero-order valence-electron chi connectivity index (χ0n) is 17.7. The van der Waals surface area contributed by atoms with Gasteiger partial charge in [-0.15, -0.1) is 11.8 Å². The summed E-state index contributed by atoms with van der Waals surface area (Å²) in [6.45, 7) is 8.53. The number of hydrogen-bond acceptors (Lipinski definition) is 3. The predicted octanol–water partition coefficient (Wildman–Crippen LogP) is 4.95. The lowest BCUT2D eigenvalue weighted by atomic mass is 9.79. The molecule has 3 heterocycles. The van der Waals surface area contributed by atoms with Crippen LogP contribution in [0.5, 0.6) is 0 Å². The fourth-order valence-corrected chi connectivity index (χ4v) is 6.77. The number of aryl methyl sites for hydroxylation is 1. The summed E-state index contributed by atoms with van der Waals surface area (Å²) in [6.07, 6.45) is 1.72. The molecular weight excluding hydrogens is 399 g/mol. The van der Waals surface area contributed by atoms with E-state index in [2.05, 4.69) is 39.8 Å². The van der Waals surface area contributed by atoms with Gasteiger partial charge >= 0.3 is 0 Å². The maximum Gasteiger partial charge on any atom is 0.269 e.